The van der Waals surface area contributed by atoms with E-state index in [1.807, 2.05) is 6.07 Å². The number of halogens is 2. The van der Waals surface area contributed by atoms with E-state index in [0.717, 1.165) is 18.4 Å². The second kappa shape index (κ2) is 7.47. The fourth-order valence-electron chi connectivity index (χ4n) is 2.69. The van der Waals surface area contributed by atoms with E-state index in [9.17, 15) is 9.59 Å². The number of carbonyl (C=O) groups excluding carboxylic acids is 1. The molecule has 2 atom stereocenters. The summed E-state index contributed by atoms with van der Waals surface area (Å²) in [5, 5.41) is 11.9. The van der Waals surface area contributed by atoms with Gasteiger partial charge in [-0.05, 0) is 37.3 Å². The largest absolute Gasteiger partial charge is 0.481 e. The molecule has 1 aliphatic rings. The van der Waals surface area contributed by atoms with Crippen LogP contribution in [0.3, 0.4) is 0 Å². The zero-order chi connectivity index (χ0) is 15.4. The maximum atomic E-state index is 11.9. The van der Waals surface area contributed by atoms with Crippen molar-refractivity contribution >= 4 is 46.4 Å². The number of carbonyl (C=O) groups is 2. The Morgan fingerprint density at radius 3 is 2.76 bits per heavy atom. The van der Waals surface area contributed by atoms with Gasteiger partial charge in [0.25, 0.3) is 0 Å². The molecule has 1 fully saturated rings. The molecule has 0 aliphatic heterocycles. The third-order valence-electron chi connectivity index (χ3n) is 3.76. The molecule has 116 valence electrons. The van der Waals surface area contributed by atoms with Gasteiger partial charge in [0.1, 0.15) is 0 Å². The molecule has 2 N–H and O–H groups in total. The van der Waals surface area contributed by atoms with Crippen LogP contribution in [0.25, 0.3) is 0 Å². The highest BCUT2D eigenvalue weighted by Crippen LogP contribution is 2.32. The van der Waals surface area contributed by atoms with E-state index in [2.05, 4.69) is 5.32 Å². The number of carboxylic acids is 1. The molecule has 7 heteroatoms. The molecule has 1 aromatic rings. The van der Waals surface area contributed by atoms with Crippen LogP contribution < -0.4 is 5.32 Å². The molecule has 1 aliphatic carbocycles. The highest BCUT2D eigenvalue weighted by Gasteiger charge is 2.33. The minimum atomic E-state index is -0.822. The number of hydrogen-bond acceptors (Lipinski definition) is 3. The van der Waals surface area contributed by atoms with Crippen molar-refractivity contribution in [3.8, 4) is 0 Å². The Balaban J connectivity index is 1.75. The Kier molecular flexibility index (Phi) is 5.90. The zero-order valence-corrected chi connectivity index (χ0v) is 13.7. The summed E-state index contributed by atoms with van der Waals surface area (Å²) in [6, 6.07) is 1.60. The predicted molar refractivity (Wildman–Crippen MR) is 84.2 cm³/mol. The van der Waals surface area contributed by atoms with Gasteiger partial charge in [-0.1, -0.05) is 29.6 Å². The number of aryl methyl sites for hydroxylation is 1. The molecule has 2 rings (SSSR count). The molecule has 1 heterocycles. The topological polar surface area (TPSA) is 66.4 Å². The quantitative estimate of drug-likeness (QED) is 0.821. The number of rotatable bonds is 6. The number of hydrogen-bond donors (Lipinski definition) is 2. The third kappa shape index (κ3) is 4.59. The average Bonchev–Trinajstić information content (AvgIpc) is 2.96. The fourth-order valence-corrected chi connectivity index (χ4v) is 4.24. The Morgan fingerprint density at radius 2 is 2.14 bits per heavy atom. The molecular weight excluding hydrogens is 333 g/mol. The summed E-state index contributed by atoms with van der Waals surface area (Å²) in [6.07, 6.45) is 3.97. The number of carboxylic acid groups (broad SMARTS) is 1. The van der Waals surface area contributed by atoms with Gasteiger partial charge in [-0.25, -0.2) is 0 Å². The van der Waals surface area contributed by atoms with Crippen LogP contribution >= 0.6 is 34.5 Å². The zero-order valence-electron chi connectivity index (χ0n) is 11.4. The molecule has 0 bridgehead atoms. The molecular formula is C14H17Cl2NO3S. The minimum absolute atomic E-state index is 0.0920. The van der Waals surface area contributed by atoms with Gasteiger partial charge in [0, 0.05) is 12.5 Å². The van der Waals surface area contributed by atoms with Crippen LogP contribution in [0.5, 0.6) is 0 Å². The van der Waals surface area contributed by atoms with Gasteiger partial charge in [0.2, 0.25) is 5.91 Å². The van der Waals surface area contributed by atoms with Crippen molar-refractivity contribution in [1.29, 1.82) is 0 Å². The summed E-state index contributed by atoms with van der Waals surface area (Å²) in [5.74, 6) is -1.36. The van der Waals surface area contributed by atoms with E-state index in [0.29, 0.717) is 34.4 Å². The van der Waals surface area contributed by atoms with Crippen molar-refractivity contribution in [2.24, 2.45) is 5.92 Å². The lowest BCUT2D eigenvalue weighted by atomic mass is 10.0. The molecule has 0 spiro atoms. The Bertz CT molecular complexity index is 532. The lowest BCUT2D eigenvalue weighted by Gasteiger charge is -2.17. The summed E-state index contributed by atoms with van der Waals surface area (Å²) in [4.78, 5) is 22.9. The van der Waals surface area contributed by atoms with E-state index in [1.54, 1.807) is 0 Å². The van der Waals surface area contributed by atoms with Gasteiger partial charge in [-0.15, -0.1) is 11.3 Å². The smallest absolute Gasteiger partial charge is 0.308 e. The third-order valence-corrected chi connectivity index (χ3v) is 5.33. The van der Waals surface area contributed by atoms with Crippen LogP contribution in [0.15, 0.2) is 6.07 Å². The van der Waals surface area contributed by atoms with Crippen LogP contribution in [0.4, 0.5) is 0 Å². The first-order chi connectivity index (χ1) is 9.97. The molecule has 0 unspecified atom stereocenters. The molecule has 21 heavy (non-hydrogen) atoms. The maximum Gasteiger partial charge on any atom is 0.308 e. The summed E-state index contributed by atoms with van der Waals surface area (Å²) < 4.78 is 1.32. The van der Waals surface area contributed by atoms with Gasteiger partial charge in [-0.3, -0.25) is 9.59 Å². The van der Waals surface area contributed by atoms with E-state index >= 15 is 0 Å². The first kappa shape index (κ1) is 16.6. The normalized spacial score (nSPS) is 21.4. The number of nitrogens with one attached hydrogen (secondary N) is 1. The first-order valence-electron chi connectivity index (χ1n) is 6.93. The average molecular weight is 350 g/mol. The lowest BCUT2D eigenvalue weighted by Crippen LogP contribution is -2.40. The molecule has 1 aromatic heterocycles. The monoisotopic (exact) mass is 349 g/mol. The van der Waals surface area contributed by atoms with E-state index in [4.69, 9.17) is 28.3 Å². The first-order valence-corrected chi connectivity index (χ1v) is 8.50. The standard InChI is InChI=1S/C14H17Cl2NO3S/c15-11-7-8(13(16)21-11)3-1-6-12(18)17-10-5-2-4-9(10)14(19)20/h7,9-10H,1-6H2,(H,17,18)(H,19,20)/t9-,10+/m1/s1. The van der Waals surface area contributed by atoms with E-state index in [1.165, 1.54) is 11.3 Å². The van der Waals surface area contributed by atoms with Crippen molar-refractivity contribution in [2.45, 2.75) is 44.6 Å². The van der Waals surface area contributed by atoms with E-state index in [-0.39, 0.29) is 11.9 Å². The number of amides is 1. The fraction of sp³-hybridized carbons (Fsp3) is 0.571. The molecule has 1 amide bonds. The highest BCUT2D eigenvalue weighted by atomic mass is 35.5. The van der Waals surface area contributed by atoms with Crippen molar-refractivity contribution in [1.82, 2.24) is 5.32 Å². The Hall–Kier alpha value is -0.780. The van der Waals surface area contributed by atoms with Crippen LogP contribution in [0.2, 0.25) is 8.67 Å². The maximum absolute atomic E-state index is 11.9. The molecule has 0 saturated heterocycles. The minimum Gasteiger partial charge on any atom is -0.481 e. The Labute approximate surface area is 137 Å². The van der Waals surface area contributed by atoms with Gasteiger partial charge < -0.3 is 10.4 Å². The van der Waals surface area contributed by atoms with E-state index < -0.39 is 11.9 Å². The van der Waals surface area contributed by atoms with Crippen molar-refractivity contribution in [3.63, 3.8) is 0 Å². The molecule has 1 saturated carbocycles. The van der Waals surface area contributed by atoms with Crippen molar-refractivity contribution in [3.05, 3.63) is 20.3 Å². The Morgan fingerprint density at radius 1 is 1.38 bits per heavy atom. The van der Waals surface area contributed by atoms with Crippen LogP contribution in [0, 0.1) is 5.92 Å². The van der Waals surface area contributed by atoms with Gasteiger partial charge in [-0.2, -0.15) is 0 Å². The van der Waals surface area contributed by atoms with Crippen LogP contribution in [-0.4, -0.2) is 23.0 Å². The molecule has 0 radical (unpaired) electrons. The predicted octanol–water partition coefficient (Wildman–Crippen LogP) is 3.75. The lowest BCUT2D eigenvalue weighted by molar-refractivity contribution is -0.142. The van der Waals surface area contributed by atoms with Crippen LogP contribution in [-0.2, 0) is 16.0 Å². The number of aliphatic carboxylic acids is 1. The second-order valence-electron chi connectivity index (χ2n) is 5.25. The van der Waals surface area contributed by atoms with Gasteiger partial charge in [0.15, 0.2) is 0 Å². The summed E-state index contributed by atoms with van der Waals surface area (Å²) in [6.45, 7) is 0. The molecule has 0 aromatic carbocycles. The van der Waals surface area contributed by atoms with Crippen molar-refractivity contribution < 1.29 is 14.7 Å². The molecule has 4 nitrogen and oxygen atoms in total. The summed E-state index contributed by atoms with van der Waals surface area (Å²) >= 11 is 13.2. The highest BCUT2D eigenvalue weighted by molar-refractivity contribution is 7.20. The SMILES string of the molecule is O=C(CCCc1cc(Cl)sc1Cl)N[C@H]1CCC[C@H]1C(=O)O. The van der Waals surface area contributed by atoms with Crippen molar-refractivity contribution in [2.75, 3.05) is 0 Å². The van der Waals surface area contributed by atoms with Gasteiger partial charge in [0.05, 0.1) is 14.6 Å². The van der Waals surface area contributed by atoms with Gasteiger partial charge >= 0.3 is 5.97 Å². The summed E-state index contributed by atoms with van der Waals surface area (Å²) in [5.41, 5.74) is 0.962. The summed E-state index contributed by atoms with van der Waals surface area (Å²) in [7, 11) is 0. The second-order valence-corrected chi connectivity index (χ2v) is 7.54. The van der Waals surface area contributed by atoms with Crippen LogP contribution in [0.1, 0.15) is 37.7 Å². The number of thiophene rings is 1.